The number of hydrogen-bond acceptors (Lipinski definition) is 4. The summed E-state index contributed by atoms with van der Waals surface area (Å²) in [7, 11) is 0. The Bertz CT molecular complexity index is 549. The van der Waals surface area contributed by atoms with Gasteiger partial charge in [-0.2, -0.15) is 9.61 Å². The van der Waals surface area contributed by atoms with Crippen molar-refractivity contribution in [3.8, 4) is 0 Å². The van der Waals surface area contributed by atoms with Gasteiger partial charge in [-0.3, -0.25) is 0 Å². The van der Waals surface area contributed by atoms with Crippen molar-refractivity contribution >= 4 is 39.0 Å². The average molecular weight is 320 g/mol. The first-order valence-electron chi connectivity index (χ1n) is 5.03. The second-order valence-electron chi connectivity index (χ2n) is 4.36. The number of aliphatic hydroxyl groups is 1. The molecule has 0 saturated carbocycles. The van der Waals surface area contributed by atoms with Crippen molar-refractivity contribution < 1.29 is 5.11 Å². The quantitative estimate of drug-likeness (QED) is 0.852. The molecule has 2 aromatic heterocycles. The summed E-state index contributed by atoms with van der Waals surface area (Å²) in [5.41, 5.74) is -0.178. The van der Waals surface area contributed by atoms with Crippen LogP contribution in [-0.4, -0.2) is 31.9 Å². The van der Waals surface area contributed by atoms with Gasteiger partial charge < -0.3 is 10.4 Å². The fourth-order valence-corrected chi connectivity index (χ4v) is 1.87. The smallest absolute Gasteiger partial charge is 0.173 e. The Morgan fingerprint density at radius 2 is 2.29 bits per heavy atom. The SMILES string of the molecule is CC(C)(O)CNc1cc(Cl)nc2c(Br)cnn12. The van der Waals surface area contributed by atoms with Crippen LogP contribution >= 0.6 is 27.5 Å². The van der Waals surface area contributed by atoms with Crippen LogP contribution in [0.2, 0.25) is 5.15 Å². The molecular formula is C10H12BrClN4O. The van der Waals surface area contributed by atoms with Crippen LogP contribution in [0.1, 0.15) is 13.8 Å². The molecule has 0 aromatic carbocycles. The van der Waals surface area contributed by atoms with Crippen LogP contribution in [0.3, 0.4) is 0 Å². The van der Waals surface area contributed by atoms with E-state index in [0.717, 1.165) is 4.47 Å². The van der Waals surface area contributed by atoms with E-state index in [9.17, 15) is 5.11 Å². The lowest BCUT2D eigenvalue weighted by atomic mass is 10.1. The van der Waals surface area contributed by atoms with Crippen LogP contribution in [0, 0.1) is 0 Å². The third kappa shape index (κ3) is 2.88. The van der Waals surface area contributed by atoms with Crippen LogP contribution in [0.4, 0.5) is 5.82 Å². The van der Waals surface area contributed by atoms with Crippen molar-refractivity contribution in [2.24, 2.45) is 0 Å². The molecule has 0 saturated heterocycles. The Morgan fingerprint density at radius 3 is 2.94 bits per heavy atom. The summed E-state index contributed by atoms with van der Waals surface area (Å²) < 4.78 is 2.40. The van der Waals surface area contributed by atoms with Crippen LogP contribution in [0.25, 0.3) is 5.65 Å². The Kier molecular flexibility index (Phi) is 3.29. The molecule has 5 nitrogen and oxygen atoms in total. The fraction of sp³-hybridized carbons (Fsp3) is 0.400. The predicted molar refractivity (Wildman–Crippen MR) is 70.5 cm³/mol. The molecule has 92 valence electrons. The number of halogens is 2. The molecule has 0 bridgehead atoms. The first-order valence-corrected chi connectivity index (χ1v) is 6.20. The van der Waals surface area contributed by atoms with Gasteiger partial charge in [0.2, 0.25) is 0 Å². The molecule has 0 spiro atoms. The molecule has 7 heteroatoms. The first kappa shape index (κ1) is 12.6. The Morgan fingerprint density at radius 1 is 1.59 bits per heavy atom. The molecule has 2 rings (SSSR count). The van der Waals surface area contributed by atoms with Crippen molar-refractivity contribution in [3.63, 3.8) is 0 Å². The molecule has 0 aliphatic rings. The predicted octanol–water partition coefficient (Wildman–Crippen LogP) is 2.33. The minimum Gasteiger partial charge on any atom is -0.389 e. The van der Waals surface area contributed by atoms with Crippen LogP contribution in [0.5, 0.6) is 0 Å². The summed E-state index contributed by atoms with van der Waals surface area (Å²) in [4.78, 5) is 4.16. The third-order valence-electron chi connectivity index (χ3n) is 2.10. The highest BCUT2D eigenvalue weighted by atomic mass is 79.9. The molecule has 0 radical (unpaired) electrons. The molecule has 17 heavy (non-hydrogen) atoms. The van der Waals surface area contributed by atoms with E-state index >= 15 is 0 Å². The van der Waals surface area contributed by atoms with E-state index in [1.807, 2.05) is 0 Å². The van der Waals surface area contributed by atoms with Gasteiger partial charge in [-0.15, -0.1) is 0 Å². The fourth-order valence-electron chi connectivity index (χ4n) is 1.34. The largest absolute Gasteiger partial charge is 0.389 e. The van der Waals surface area contributed by atoms with Gasteiger partial charge in [-0.05, 0) is 29.8 Å². The average Bonchev–Trinajstić information content (AvgIpc) is 2.56. The molecular weight excluding hydrogens is 307 g/mol. The Labute approximate surface area is 112 Å². The maximum Gasteiger partial charge on any atom is 0.173 e. The first-order chi connectivity index (χ1) is 7.87. The van der Waals surface area contributed by atoms with E-state index < -0.39 is 5.60 Å². The van der Waals surface area contributed by atoms with Crippen molar-refractivity contribution in [2.75, 3.05) is 11.9 Å². The van der Waals surface area contributed by atoms with Gasteiger partial charge in [0.25, 0.3) is 0 Å². The van der Waals surface area contributed by atoms with Gasteiger partial charge in [0.1, 0.15) is 11.0 Å². The molecule has 0 amide bonds. The van der Waals surface area contributed by atoms with Gasteiger partial charge in [-0.1, -0.05) is 11.6 Å². The van der Waals surface area contributed by atoms with Gasteiger partial charge in [0, 0.05) is 12.6 Å². The number of nitrogens with zero attached hydrogens (tertiary/aromatic N) is 3. The van der Waals surface area contributed by atoms with Crippen LogP contribution < -0.4 is 5.32 Å². The summed E-state index contributed by atoms with van der Waals surface area (Å²) >= 11 is 9.27. The monoisotopic (exact) mass is 318 g/mol. The summed E-state index contributed by atoms with van der Waals surface area (Å²) in [6.07, 6.45) is 1.65. The number of fused-ring (bicyclic) bond motifs is 1. The standard InChI is InChI=1S/C10H12BrClN4O/c1-10(2,17)5-13-8-3-7(12)15-9-6(11)4-14-16(8)9/h3-4,13,17H,5H2,1-2H3. The minimum absolute atomic E-state index is 0.372. The lowest BCUT2D eigenvalue weighted by Gasteiger charge is -2.18. The maximum atomic E-state index is 9.68. The molecule has 0 atom stereocenters. The maximum absolute atomic E-state index is 9.68. The lowest BCUT2D eigenvalue weighted by molar-refractivity contribution is 0.0944. The van der Waals surface area contributed by atoms with E-state index in [0.29, 0.717) is 23.2 Å². The van der Waals surface area contributed by atoms with Crippen molar-refractivity contribution in [1.29, 1.82) is 0 Å². The summed E-state index contributed by atoms with van der Waals surface area (Å²) in [5.74, 6) is 0.688. The van der Waals surface area contributed by atoms with Gasteiger partial charge in [-0.25, -0.2) is 4.98 Å². The van der Waals surface area contributed by atoms with E-state index in [-0.39, 0.29) is 0 Å². The second-order valence-corrected chi connectivity index (χ2v) is 5.60. The van der Waals surface area contributed by atoms with Gasteiger partial charge in [0.05, 0.1) is 16.3 Å². The van der Waals surface area contributed by atoms with E-state index in [1.54, 1.807) is 30.6 Å². The van der Waals surface area contributed by atoms with E-state index in [2.05, 4.69) is 31.3 Å². The number of hydrogen-bond donors (Lipinski definition) is 2. The summed E-state index contributed by atoms with van der Waals surface area (Å²) in [6, 6.07) is 1.67. The van der Waals surface area contributed by atoms with Crippen molar-refractivity contribution in [3.05, 3.63) is 21.9 Å². The second kappa shape index (κ2) is 4.44. The molecule has 0 fully saturated rings. The van der Waals surface area contributed by atoms with E-state index in [4.69, 9.17) is 11.6 Å². The number of anilines is 1. The summed E-state index contributed by atoms with van der Waals surface area (Å²) in [6.45, 7) is 3.83. The highest BCUT2D eigenvalue weighted by Gasteiger charge is 2.14. The lowest BCUT2D eigenvalue weighted by Crippen LogP contribution is -2.30. The summed E-state index contributed by atoms with van der Waals surface area (Å²) in [5, 5.41) is 17.3. The number of aromatic nitrogens is 3. The number of rotatable bonds is 3. The van der Waals surface area contributed by atoms with Gasteiger partial charge in [0.15, 0.2) is 5.65 Å². The third-order valence-corrected chi connectivity index (χ3v) is 2.85. The van der Waals surface area contributed by atoms with Crippen LogP contribution in [0.15, 0.2) is 16.7 Å². The molecule has 0 unspecified atom stereocenters. The molecule has 2 N–H and O–H groups in total. The van der Waals surface area contributed by atoms with Gasteiger partial charge >= 0.3 is 0 Å². The van der Waals surface area contributed by atoms with Crippen molar-refractivity contribution in [2.45, 2.75) is 19.4 Å². The Balaban J connectivity index is 2.39. The Hall–Kier alpha value is -0.850. The molecule has 2 heterocycles. The zero-order chi connectivity index (χ0) is 12.6. The van der Waals surface area contributed by atoms with Crippen LogP contribution in [-0.2, 0) is 0 Å². The molecule has 0 aliphatic heterocycles. The zero-order valence-electron chi connectivity index (χ0n) is 9.41. The zero-order valence-corrected chi connectivity index (χ0v) is 11.7. The van der Waals surface area contributed by atoms with Crippen molar-refractivity contribution in [1.82, 2.24) is 14.6 Å². The normalized spacial score (nSPS) is 12.1. The molecule has 0 aliphatic carbocycles. The minimum atomic E-state index is -0.813. The highest BCUT2D eigenvalue weighted by Crippen LogP contribution is 2.22. The van der Waals surface area contributed by atoms with E-state index in [1.165, 1.54) is 0 Å². The highest BCUT2D eigenvalue weighted by molar-refractivity contribution is 9.10. The number of nitrogens with one attached hydrogen (secondary N) is 1. The molecule has 2 aromatic rings. The topological polar surface area (TPSA) is 62.5 Å².